The number of amides is 1. The van der Waals surface area contributed by atoms with Crippen molar-refractivity contribution in [3.05, 3.63) is 29.8 Å². The Morgan fingerprint density at radius 2 is 2.16 bits per heavy atom. The van der Waals surface area contributed by atoms with Gasteiger partial charge in [0.1, 0.15) is 0 Å². The number of thioether (sulfide) groups is 1. The Bertz CT molecular complexity index is 745. The molecule has 25 heavy (non-hydrogen) atoms. The third kappa shape index (κ3) is 4.34. The molecule has 0 unspecified atom stereocenters. The summed E-state index contributed by atoms with van der Waals surface area (Å²) < 4.78 is 1.45. The molecule has 1 amide bonds. The number of benzene rings is 1. The van der Waals surface area contributed by atoms with E-state index in [1.54, 1.807) is 0 Å². The Balaban J connectivity index is 1.59. The molecule has 1 aromatic heterocycles. The maximum Gasteiger partial charge on any atom is 0.230 e. The highest BCUT2D eigenvalue weighted by atomic mass is 32.2. The Hall–Kier alpha value is -2.02. The van der Waals surface area contributed by atoms with E-state index in [4.69, 9.17) is 5.84 Å². The lowest BCUT2D eigenvalue weighted by molar-refractivity contribution is -0.119. The second-order valence-corrected chi connectivity index (χ2v) is 7.71. The van der Waals surface area contributed by atoms with Crippen LogP contribution in [0.5, 0.6) is 0 Å². The SMILES string of the molecule is Cc1cccc(-c2nnc(SCC(=O)N[C@H]3CCCC[C@@H]3C)n2N)c1. The first kappa shape index (κ1) is 17.8. The number of nitrogens with two attached hydrogens (primary N) is 1. The number of hydrogen-bond donors (Lipinski definition) is 2. The van der Waals surface area contributed by atoms with E-state index < -0.39 is 0 Å². The molecule has 1 aromatic carbocycles. The van der Waals surface area contributed by atoms with Crippen LogP contribution >= 0.6 is 11.8 Å². The Labute approximate surface area is 152 Å². The predicted molar refractivity (Wildman–Crippen MR) is 101 cm³/mol. The quantitative estimate of drug-likeness (QED) is 0.633. The number of hydrogen-bond acceptors (Lipinski definition) is 5. The fourth-order valence-corrected chi connectivity index (χ4v) is 3.93. The number of carbonyl (C=O) groups is 1. The first-order chi connectivity index (χ1) is 12.0. The topological polar surface area (TPSA) is 85.8 Å². The smallest absolute Gasteiger partial charge is 0.230 e. The lowest BCUT2D eigenvalue weighted by atomic mass is 9.86. The van der Waals surface area contributed by atoms with Crippen molar-refractivity contribution in [3.63, 3.8) is 0 Å². The zero-order valence-electron chi connectivity index (χ0n) is 14.7. The van der Waals surface area contributed by atoms with E-state index in [0.717, 1.165) is 17.5 Å². The molecule has 0 bridgehead atoms. The summed E-state index contributed by atoms with van der Waals surface area (Å²) >= 11 is 1.32. The molecule has 1 fully saturated rings. The van der Waals surface area contributed by atoms with Crippen LogP contribution in [0.4, 0.5) is 0 Å². The Kier molecular flexibility index (Phi) is 5.63. The number of aryl methyl sites for hydroxylation is 1. The summed E-state index contributed by atoms with van der Waals surface area (Å²) in [6, 6.07) is 8.24. The lowest BCUT2D eigenvalue weighted by Gasteiger charge is -2.29. The van der Waals surface area contributed by atoms with E-state index in [-0.39, 0.29) is 5.91 Å². The van der Waals surface area contributed by atoms with Crippen molar-refractivity contribution in [3.8, 4) is 11.4 Å². The first-order valence-electron chi connectivity index (χ1n) is 8.74. The minimum absolute atomic E-state index is 0.0313. The summed E-state index contributed by atoms with van der Waals surface area (Å²) in [5, 5.41) is 12.0. The Morgan fingerprint density at radius 1 is 1.36 bits per heavy atom. The van der Waals surface area contributed by atoms with Crippen molar-refractivity contribution in [2.24, 2.45) is 5.92 Å². The van der Waals surface area contributed by atoms with Crippen molar-refractivity contribution in [2.75, 3.05) is 11.6 Å². The van der Waals surface area contributed by atoms with Gasteiger partial charge in [0, 0.05) is 11.6 Å². The number of nitrogens with zero attached hydrogens (tertiary/aromatic N) is 3. The van der Waals surface area contributed by atoms with Crippen LogP contribution in [0.3, 0.4) is 0 Å². The summed E-state index contributed by atoms with van der Waals surface area (Å²) in [4.78, 5) is 12.2. The van der Waals surface area contributed by atoms with E-state index >= 15 is 0 Å². The van der Waals surface area contributed by atoms with Gasteiger partial charge in [0.05, 0.1) is 5.75 Å². The first-order valence-corrected chi connectivity index (χ1v) is 9.73. The number of nitrogen functional groups attached to an aromatic ring is 1. The molecule has 2 atom stereocenters. The molecule has 1 saturated carbocycles. The van der Waals surface area contributed by atoms with Crippen molar-refractivity contribution < 1.29 is 4.79 Å². The maximum absolute atomic E-state index is 12.2. The minimum Gasteiger partial charge on any atom is -0.352 e. The molecule has 1 aliphatic carbocycles. The number of nitrogens with one attached hydrogen (secondary N) is 1. The van der Waals surface area contributed by atoms with Gasteiger partial charge in [-0.15, -0.1) is 10.2 Å². The molecule has 6 nitrogen and oxygen atoms in total. The summed E-state index contributed by atoms with van der Waals surface area (Å²) in [6.45, 7) is 4.23. The molecule has 3 N–H and O–H groups in total. The Morgan fingerprint density at radius 3 is 2.92 bits per heavy atom. The van der Waals surface area contributed by atoms with Crippen molar-refractivity contribution >= 4 is 17.7 Å². The monoisotopic (exact) mass is 359 g/mol. The maximum atomic E-state index is 12.2. The summed E-state index contributed by atoms with van der Waals surface area (Å²) in [5.74, 6) is 7.60. The van der Waals surface area contributed by atoms with E-state index in [1.165, 1.54) is 35.7 Å². The third-order valence-electron chi connectivity index (χ3n) is 4.73. The molecular weight excluding hydrogens is 334 g/mol. The summed E-state index contributed by atoms with van der Waals surface area (Å²) in [5.41, 5.74) is 2.05. The van der Waals surface area contributed by atoms with Crippen LogP contribution in [0, 0.1) is 12.8 Å². The largest absolute Gasteiger partial charge is 0.352 e. The van der Waals surface area contributed by atoms with E-state index in [9.17, 15) is 4.79 Å². The van der Waals surface area contributed by atoms with Crippen LogP contribution < -0.4 is 11.2 Å². The standard InChI is InChI=1S/C18H25N5OS/c1-12-6-5-8-14(10-12)17-21-22-18(23(17)19)25-11-16(24)20-15-9-4-3-7-13(15)2/h5-6,8,10,13,15H,3-4,7,9,11,19H2,1-2H3,(H,20,24)/t13-,15-/m0/s1. The van der Waals surface area contributed by atoms with Crippen LogP contribution in [-0.2, 0) is 4.79 Å². The minimum atomic E-state index is 0.0313. The molecule has 3 rings (SSSR count). The third-order valence-corrected chi connectivity index (χ3v) is 5.67. The van der Waals surface area contributed by atoms with Crippen LogP contribution in [0.25, 0.3) is 11.4 Å². The van der Waals surface area contributed by atoms with Crippen LogP contribution in [0.1, 0.15) is 38.2 Å². The van der Waals surface area contributed by atoms with Crippen molar-refractivity contribution in [2.45, 2.75) is 50.7 Å². The fraction of sp³-hybridized carbons (Fsp3) is 0.500. The molecule has 1 heterocycles. The summed E-state index contributed by atoms with van der Waals surface area (Å²) in [6.07, 6.45) is 4.72. The van der Waals surface area contributed by atoms with Gasteiger partial charge in [-0.05, 0) is 31.7 Å². The van der Waals surface area contributed by atoms with Gasteiger partial charge in [-0.1, -0.05) is 55.3 Å². The molecule has 1 aliphatic rings. The molecule has 0 aliphatic heterocycles. The van der Waals surface area contributed by atoms with Gasteiger partial charge in [0.15, 0.2) is 5.82 Å². The predicted octanol–water partition coefficient (Wildman–Crippen LogP) is 2.75. The van der Waals surface area contributed by atoms with Gasteiger partial charge in [0.2, 0.25) is 11.1 Å². The van der Waals surface area contributed by atoms with E-state index in [1.807, 2.05) is 31.2 Å². The highest BCUT2D eigenvalue weighted by Crippen LogP contribution is 2.25. The van der Waals surface area contributed by atoms with Gasteiger partial charge in [-0.2, -0.15) is 0 Å². The van der Waals surface area contributed by atoms with Crippen LogP contribution in [-0.4, -0.2) is 32.6 Å². The molecule has 0 spiro atoms. The van der Waals surface area contributed by atoms with Gasteiger partial charge in [-0.25, -0.2) is 4.68 Å². The van der Waals surface area contributed by atoms with Crippen LogP contribution in [0.2, 0.25) is 0 Å². The fourth-order valence-electron chi connectivity index (χ4n) is 3.27. The average Bonchev–Trinajstić information content (AvgIpc) is 2.96. The van der Waals surface area contributed by atoms with Gasteiger partial charge in [0.25, 0.3) is 0 Å². The zero-order chi connectivity index (χ0) is 17.8. The highest BCUT2D eigenvalue weighted by molar-refractivity contribution is 7.99. The molecule has 134 valence electrons. The molecule has 0 saturated heterocycles. The number of rotatable bonds is 5. The molecular formula is C18H25N5OS. The van der Waals surface area contributed by atoms with E-state index in [0.29, 0.717) is 28.7 Å². The average molecular weight is 359 g/mol. The van der Waals surface area contributed by atoms with Crippen molar-refractivity contribution in [1.82, 2.24) is 20.2 Å². The highest BCUT2D eigenvalue weighted by Gasteiger charge is 2.23. The second kappa shape index (κ2) is 7.91. The number of carbonyl (C=O) groups excluding carboxylic acids is 1. The lowest BCUT2D eigenvalue weighted by Crippen LogP contribution is -2.41. The second-order valence-electron chi connectivity index (χ2n) is 6.77. The molecule has 2 aromatic rings. The molecule has 7 heteroatoms. The zero-order valence-corrected chi connectivity index (χ0v) is 15.6. The van der Waals surface area contributed by atoms with Gasteiger partial charge < -0.3 is 11.2 Å². The van der Waals surface area contributed by atoms with E-state index in [2.05, 4.69) is 22.4 Å². The van der Waals surface area contributed by atoms with Gasteiger partial charge >= 0.3 is 0 Å². The normalized spacial score (nSPS) is 20.4. The van der Waals surface area contributed by atoms with Crippen LogP contribution in [0.15, 0.2) is 29.4 Å². The summed E-state index contributed by atoms with van der Waals surface area (Å²) in [7, 11) is 0. The van der Waals surface area contributed by atoms with Gasteiger partial charge in [-0.3, -0.25) is 4.79 Å². The molecule has 0 radical (unpaired) electrons. The van der Waals surface area contributed by atoms with Crippen molar-refractivity contribution in [1.29, 1.82) is 0 Å². The number of aromatic nitrogens is 3.